The Kier molecular flexibility index (Phi) is 4.64. The highest BCUT2D eigenvalue weighted by molar-refractivity contribution is 5.96. The smallest absolute Gasteiger partial charge is 0.341 e. The molecule has 0 spiro atoms. The average Bonchev–Trinajstić information content (AvgIpc) is 2.81. The van der Waals surface area contributed by atoms with E-state index in [0.29, 0.717) is 0 Å². The molecule has 26 heavy (non-hydrogen) atoms. The van der Waals surface area contributed by atoms with E-state index in [4.69, 9.17) is 4.74 Å². The molecule has 0 unspecified atom stereocenters. The van der Waals surface area contributed by atoms with Crippen LogP contribution in [-0.2, 0) is 14.9 Å². The van der Waals surface area contributed by atoms with Gasteiger partial charge in [0.2, 0.25) is 0 Å². The molecule has 1 aliphatic rings. The molecule has 1 heterocycles. The van der Waals surface area contributed by atoms with Gasteiger partial charge in [0, 0.05) is 29.9 Å². The molecule has 0 amide bonds. The number of carbonyl (C=O) groups excluding carboxylic acids is 2. The van der Waals surface area contributed by atoms with Crippen LogP contribution in [0.15, 0.2) is 60.3 Å². The van der Waals surface area contributed by atoms with Gasteiger partial charge in [0.25, 0.3) is 0 Å². The quantitative estimate of drug-likeness (QED) is 0.618. The second kappa shape index (κ2) is 6.75. The van der Waals surface area contributed by atoms with Gasteiger partial charge in [0.05, 0.1) is 5.56 Å². The minimum Gasteiger partial charge on any atom is -0.454 e. The number of likely N-dealkylation sites (N-methyl/N-ethyl adjacent to an activating group) is 1. The number of ketones is 1. The number of anilines is 1. The number of hydrogen-bond donors (Lipinski definition) is 0. The summed E-state index contributed by atoms with van der Waals surface area (Å²) in [5, 5.41) is 0. The van der Waals surface area contributed by atoms with E-state index in [1.54, 1.807) is 0 Å². The molecule has 0 N–H and O–H groups in total. The number of esters is 1. The van der Waals surface area contributed by atoms with Gasteiger partial charge < -0.3 is 9.64 Å². The first-order valence-corrected chi connectivity index (χ1v) is 8.32. The minimum absolute atomic E-state index is 0.182. The third kappa shape index (κ3) is 3.12. The molecule has 1 aliphatic heterocycles. The molecule has 0 fully saturated rings. The molecule has 134 valence electrons. The maximum absolute atomic E-state index is 13.6. The summed E-state index contributed by atoms with van der Waals surface area (Å²) in [5.41, 5.74) is 2.48. The molecule has 0 aromatic heterocycles. The summed E-state index contributed by atoms with van der Waals surface area (Å²) in [6.07, 6.45) is 1.49. The van der Waals surface area contributed by atoms with E-state index in [2.05, 4.69) is 0 Å². The SMILES string of the molecule is CN1C(=CC(=O)COC(=O)c2ccccc2F)C(C)(C)c2ccccc21. The van der Waals surface area contributed by atoms with E-state index in [1.165, 1.54) is 30.3 Å². The van der Waals surface area contributed by atoms with Crippen molar-refractivity contribution in [2.45, 2.75) is 19.3 Å². The molecular formula is C21H20FNO3. The third-order valence-corrected chi connectivity index (χ3v) is 4.68. The van der Waals surface area contributed by atoms with Crippen LogP contribution in [0.3, 0.4) is 0 Å². The Morgan fingerprint density at radius 2 is 1.77 bits per heavy atom. The van der Waals surface area contributed by atoms with Crippen molar-refractivity contribution in [1.29, 1.82) is 0 Å². The number of allylic oxidation sites excluding steroid dienone is 1. The fourth-order valence-electron chi connectivity index (χ4n) is 3.29. The zero-order valence-electron chi connectivity index (χ0n) is 15.0. The maximum atomic E-state index is 13.6. The molecule has 2 aromatic carbocycles. The highest BCUT2D eigenvalue weighted by Crippen LogP contribution is 2.46. The monoisotopic (exact) mass is 353 g/mol. The lowest BCUT2D eigenvalue weighted by Gasteiger charge is -2.23. The molecule has 3 rings (SSSR count). The molecule has 0 radical (unpaired) electrons. The first-order chi connectivity index (χ1) is 12.3. The van der Waals surface area contributed by atoms with Crippen LogP contribution in [0, 0.1) is 5.82 Å². The molecule has 0 aliphatic carbocycles. The van der Waals surface area contributed by atoms with Crippen LogP contribution in [0.5, 0.6) is 0 Å². The van der Waals surface area contributed by atoms with E-state index < -0.39 is 18.4 Å². The zero-order valence-corrected chi connectivity index (χ0v) is 15.0. The van der Waals surface area contributed by atoms with E-state index >= 15 is 0 Å². The Morgan fingerprint density at radius 3 is 2.46 bits per heavy atom. The first-order valence-electron chi connectivity index (χ1n) is 8.32. The van der Waals surface area contributed by atoms with Crippen LogP contribution in [0.1, 0.15) is 29.8 Å². The van der Waals surface area contributed by atoms with Crippen molar-refractivity contribution in [3.8, 4) is 0 Å². The summed E-state index contributed by atoms with van der Waals surface area (Å²) < 4.78 is 18.6. The molecule has 0 atom stereocenters. The fourth-order valence-corrected chi connectivity index (χ4v) is 3.29. The van der Waals surface area contributed by atoms with Gasteiger partial charge in [-0.2, -0.15) is 0 Å². The Bertz CT molecular complexity index is 902. The number of benzene rings is 2. The Labute approximate surface area is 151 Å². The predicted molar refractivity (Wildman–Crippen MR) is 97.6 cm³/mol. The minimum atomic E-state index is -0.850. The van der Waals surface area contributed by atoms with E-state index in [0.717, 1.165) is 16.9 Å². The summed E-state index contributed by atoms with van der Waals surface area (Å²) in [6.45, 7) is 3.65. The highest BCUT2D eigenvalue weighted by Gasteiger charge is 2.38. The van der Waals surface area contributed by atoms with E-state index in [1.807, 2.05) is 50.1 Å². The number of ether oxygens (including phenoxy) is 1. The van der Waals surface area contributed by atoms with Crippen molar-refractivity contribution in [1.82, 2.24) is 0 Å². The van der Waals surface area contributed by atoms with Crippen molar-refractivity contribution in [2.24, 2.45) is 0 Å². The van der Waals surface area contributed by atoms with Crippen LogP contribution in [-0.4, -0.2) is 25.4 Å². The first kappa shape index (κ1) is 17.9. The second-order valence-electron chi connectivity index (χ2n) is 6.75. The van der Waals surface area contributed by atoms with Gasteiger partial charge in [0.15, 0.2) is 12.4 Å². The summed E-state index contributed by atoms with van der Waals surface area (Å²) in [4.78, 5) is 26.2. The van der Waals surface area contributed by atoms with Crippen molar-refractivity contribution in [3.63, 3.8) is 0 Å². The summed E-state index contributed by atoms with van der Waals surface area (Å²) in [7, 11) is 1.90. The van der Waals surface area contributed by atoms with Gasteiger partial charge in [-0.15, -0.1) is 0 Å². The Hall–Kier alpha value is -2.95. The topological polar surface area (TPSA) is 46.6 Å². The Morgan fingerprint density at radius 1 is 1.12 bits per heavy atom. The number of nitrogens with zero attached hydrogens (tertiary/aromatic N) is 1. The molecule has 0 saturated heterocycles. The molecular weight excluding hydrogens is 333 g/mol. The number of fused-ring (bicyclic) bond motifs is 1. The van der Waals surface area contributed by atoms with Crippen molar-refractivity contribution >= 4 is 17.4 Å². The molecule has 4 nitrogen and oxygen atoms in total. The van der Waals surface area contributed by atoms with Gasteiger partial charge in [-0.3, -0.25) is 4.79 Å². The zero-order chi connectivity index (χ0) is 18.9. The van der Waals surface area contributed by atoms with Gasteiger partial charge >= 0.3 is 5.97 Å². The Balaban J connectivity index is 1.74. The third-order valence-electron chi connectivity index (χ3n) is 4.68. The molecule has 2 aromatic rings. The lowest BCUT2D eigenvalue weighted by Crippen LogP contribution is -2.25. The normalized spacial score (nSPS) is 16.5. The number of carbonyl (C=O) groups is 2. The van der Waals surface area contributed by atoms with E-state index in [9.17, 15) is 14.0 Å². The number of rotatable bonds is 4. The van der Waals surface area contributed by atoms with Crippen molar-refractivity contribution < 1.29 is 18.7 Å². The average molecular weight is 353 g/mol. The summed E-state index contributed by atoms with van der Waals surface area (Å²) >= 11 is 0. The van der Waals surface area contributed by atoms with Gasteiger partial charge in [-0.1, -0.05) is 44.2 Å². The highest BCUT2D eigenvalue weighted by atomic mass is 19.1. The summed E-state index contributed by atoms with van der Waals surface area (Å²) in [6, 6.07) is 13.5. The number of hydrogen-bond acceptors (Lipinski definition) is 4. The summed E-state index contributed by atoms with van der Waals surface area (Å²) in [5.74, 6) is -1.87. The van der Waals surface area contributed by atoms with Crippen molar-refractivity contribution in [2.75, 3.05) is 18.6 Å². The van der Waals surface area contributed by atoms with Gasteiger partial charge in [0.1, 0.15) is 5.82 Å². The van der Waals surface area contributed by atoms with Crippen LogP contribution in [0.2, 0.25) is 0 Å². The largest absolute Gasteiger partial charge is 0.454 e. The standard InChI is InChI=1S/C21H20FNO3/c1-21(2)16-9-5-7-11-18(16)23(3)19(21)12-14(24)13-26-20(25)15-8-4-6-10-17(15)22/h4-12H,13H2,1-3H3. The fraction of sp³-hybridized carbons (Fsp3) is 0.238. The molecule has 0 saturated carbocycles. The van der Waals surface area contributed by atoms with E-state index in [-0.39, 0.29) is 16.8 Å². The van der Waals surface area contributed by atoms with Crippen molar-refractivity contribution in [3.05, 3.63) is 77.2 Å². The van der Waals surface area contributed by atoms with Crippen LogP contribution < -0.4 is 4.90 Å². The lowest BCUT2D eigenvalue weighted by molar-refractivity contribution is -0.117. The van der Waals surface area contributed by atoms with Gasteiger partial charge in [-0.05, 0) is 23.8 Å². The molecule has 0 bridgehead atoms. The van der Waals surface area contributed by atoms with Gasteiger partial charge in [-0.25, -0.2) is 9.18 Å². The van der Waals surface area contributed by atoms with Crippen LogP contribution in [0.25, 0.3) is 0 Å². The van der Waals surface area contributed by atoms with Crippen LogP contribution >= 0.6 is 0 Å². The second-order valence-corrected chi connectivity index (χ2v) is 6.75. The predicted octanol–water partition coefficient (Wildman–Crippen LogP) is 3.86. The lowest BCUT2D eigenvalue weighted by atomic mass is 9.83. The maximum Gasteiger partial charge on any atom is 0.341 e. The number of para-hydroxylation sites is 1. The number of halogens is 1. The molecule has 5 heteroatoms. The van der Waals surface area contributed by atoms with Crippen LogP contribution in [0.4, 0.5) is 10.1 Å².